The van der Waals surface area contributed by atoms with Crippen LogP contribution in [-0.2, 0) is 0 Å². The first-order valence-corrected chi connectivity index (χ1v) is 19.2. The number of rotatable bonds is 6. The fourth-order valence-corrected chi connectivity index (χ4v) is 9.18. The first kappa shape index (κ1) is 24.1. The average Bonchev–Trinajstić information content (AvgIpc) is 3.89. The van der Waals surface area contributed by atoms with Gasteiger partial charge in [-0.25, -0.2) is 0 Å². The first-order chi connectivity index (χ1) is 33.0. The summed E-state index contributed by atoms with van der Waals surface area (Å²) in [5, 5.41) is 6.69. The van der Waals surface area contributed by atoms with Gasteiger partial charge in [0, 0.05) is 44.0 Å². The molecule has 0 saturated heterocycles. The maximum atomic E-state index is 9.41. The van der Waals surface area contributed by atoms with Gasteiger partial charge in [0.25, 0.3) is 0 Å². The van der Waals surface area contributed by atoms with Crippen LogP contribution in [0.15, 0.2) is 218 Å². The van der Waals surface area contributed by atoms with Crippen LogP contribution in [0.3, 0.4) is 0 Å². The van der Waals surface area contributed by atoms with Crippen molar-refractivity contribution in [2.45, 2.75) is 0 Å². The largest absolute Gasteiger partial charge is 0.308 e. The molecule has 270 valence electrons. The van der Waals surface area contributed by atoms with Gasteiger partial charge in [0.15, 0.2) is 0 Å². The lowest BCUT2D eigenvalue weighted by Crippen LogP contribution is -1.99. The molecule has 12 rings (SSSR count). The second kappa shape index (κ2) is 12.9. The van der Waals surface area contributed by atoms with E-state index in [-0.39, 0.29) is 35.5 Å². The molecule has 2 heterocycles. The van der Waals surface area contributed by atoms with Gasteiger partial charge < -0.3 is 9.13 Å². The highest BCUT2D eigenvalue weighted by atomic mass is 15.0. The van der Waals surface area contributed by atoms with Gasteiger partial charge in [-0.2, -0.15) is 0 Å². The lowest BCUT2D eigenvalue weighted by Gasteiger charge is -2.17. The zero-order valence-corrected chi connectivity index (χ0v) is 30.9. The van der Waals surface area contributed by atoms with Crippen LogP contribution in [0.2, 0.25) is 0 Å². The van der Waals surface area contributed by atoms with Crippen molar-refractivity contribution in [1.82, 2.24) is 9.13 Å². The monoisotopic (exact) mass is 746 g/mol. The van der Waals surface area contributed by atoms with Gasteiger partial charge in [0.2, 0.25) is 0 Å². The summed E-state index contributed by atoms with van der Waals surface area (Å²) in [5.41, 5.74) is 7.69. The van der Waals surface area contributed by atoms with Crippen molar-refractivity contribution in [2.24, 2.45) is 0 Å². The van der Waals surface area contributed by atoms with Gasteiger partial charge in [-0.15, -0.1) is 0 Å². The Morgan fingerprint density at radius 2 is 0.672 bits per heavy atom. The van der Waals surface area contributed by atoms with Crippen LogP contribution in [0, 0.1) is 0 Å². The van der Waals surface area contributed by atoms with Crippen molar-refractivity contribution in [3.8, 4) is 56.1 Å². The van der Waals surface area contributed by atoms with Crippen molar-refractivity contribution in [2.75, 3.05) is 0 Å². The topological polar surface area (TPSA) is 9.86 Å². The molecule has 12 aromatic rings. The van der Waals surface area contributed by atoms with Crippen molar-refractivity contribution < 1.29 is 13.7 Å². The highest BCUT2D eigenvalue weighted by molar-refractivity contribution is 6.35. The normalized spacial score (nSPS) is 14.2. The minimum absolute atomic E-state index is 0.0227. The molecule has 0 aliphatic carbocycles. The Morgan fingerprint density at radius 1 is 0.328 bits per heavy atom. The molecule has 0 amide bonds. The lowest BCUT2D eigenvalue weighted by molar-refractivity contribution is 1.14. The van der Waals surface area contributed by atoms with E-state index in [1.165, 1.54) is 0 Å². The number of nitrogens with zero attached hydrogens (tertiary/aromatic N) is 2. The summed E-state index contributed by atoms with van der Waals surface area (Å²) in [7, 11) is 0. The van der Waals surface area contributed by atoms with E-state index < -0.39 is 36.3 Å². The van der Waals surface area contributed by atoms with E-state index in [1.807, 2.05) is 130 Å². The van der Waals surface area contributed by atoms with E-state index >= 15 is 0 Å². The number of para-hydroxylation sites is 2. The maximum Gasteiger partial charge on any atom is 0.0645 e. The second-order valence-corrected chi connectivity index (χ2v) is 14.5. The second-order valence-electron chi connectivity index (χ2n) is 14.5. The Balaban J connectivity index is 1.34. The highest BCUT2D eigenvalue weighted by Crippen LogP contribution is 2.51. The molecule has 2 aromatic heterocycles. The number of hydrogen-bond donors (Lipinski definition) is 0. The lowest BCUT2D eigenvalue weighted by atomic mass is 9.89. The van der Waals surface area contributed by atoms with E-state index in [9.17, 15) is 5.48 Å². The Morgan fingerprint density at radius 3 is 1.03 bits per heavy atom. The van der Waals surface area contributed by atoms with Crippen molar-refractivity contribution in [3.63, 3.8) is 0 Å². The molecule has 2 heteroatoms. The molecule has 58 heavy (non-hydrogen) atoms. The number of benzene rings is 10. The molecular weight excluding hydrogens is 701 g/mol. The van der Waals surface area contributed by atoms with Crippen LogP contribution < -0.4 is 0 Å². The first-order valence-electron chi connectivity index (χ1n) is 24.2. The SMILES string of the molecule is [2H]c1c([2H])c([2H])c(-n2c(-c3ccccc3)c(-c3ccccc3)c3cc4ccc5c6c(ccc(c46)c32)cc2c(-c3ccccc3)c(-c3ccccc3)n(-c3c([2H])c([2H])c([2H])c([2H])c3[2H])c25)c([2H])c1[2H]. The standard InChI is InChI=1S/C56H36N2/c1-7-19-37(20-8-1)51-47-35-41-31-34-46-50-42(32-33-45(49(41)50)55(47)57(43-27-15-5-16-28-43)53(51)39-23-11-3-12-24-39)36-48-52(38-21-9-2-10-22-38)54(40-25-13-4-14-26-40)58(56(46)48)44-29-17-6-18-30-44/h1-36H/i5D,6D,15D,16D,17D,18D,27D,28D,29D,30D. The molecule has 0 unspecified atom stereocenters. The number of aromatic nitrogens is 2. The Hall–Kier alpha value is -7.68. The summed E-state index contributed by atoms with van der Waals surface area (Å²) >= 11 is 0. The minimum Gasteiger partial charge on any atom is -0.308 e. The third-order valence-electron chi connectivity index (χ3n) is 11.4. The molecule has 0 aliphatic heterocycles. The van der Waals surface area contributed by atoms with Gasteiger partial charge in [0.1, 0.15) is 0 Å². The molecular formula is C56H36N2. The molecule has 0 saturated carbocycles. The van der Waals surface area contributed by atoms with Crippen molar-refractivity contribution >= 4 is 54.1 Å². The third-order valence-corrected chi connectivity index (χ3v) is 11.4. The van der Waals surface area contributed by atoms with Crippen LogP contribution in [-0.4, -0.2) is 9.13 Å². The van der Waals surface area contributed by atoms with E-state index in [0.29, 0.717) is 22.4 Å². The predicted octanol–water partition coefficient (Wildman–Crippen LogP) is 15.1. The summed E-state index contributed by atoms with van der Waals surface area (Å²) < 4.78 is 93.9. The highest BCUT2D eigenvalue weighted by Gasteiger charge is 2.27. The van der Waals surface area contributed by atoms with Crippen LogP contribution in [0.5, 0.6) is 0 Å². The van der Waals surface area contributed by atoms with Crippen LogP contribution in [0.4, 0.5) is 0 Å². The summed E-state index contributed by atoms with van der Waals surface area (Å²) in [4.78, 5) is 0. The van der Waals surface area contributed by atoms with Crippen LogP contribution in [0.1, 0.15) is 13.7 Å². The molecule has 0 aliphatic rings. The van der Waals surface area contributed by atoms with E-state index in [1.54, 1.807) is 0 Å². The van der Waals surface area contributed by atoms with Crippen molar-refractivity contribution in [3.05, 3.63) is 218 Å². The molecule has 0 radical (unpaired) electrons. The predicted molar refractivity (Wildman–Crippen MR) is 246 cm³/mol. The zero-order chi connectivity index (χ0) is 46.9. The summed E-state index contributed by atoms with van der Waals surface area (Å²) in [5.74, 6) is 0. The Labute approximate surface area is 350 Å². The van der Waals surface area contributed by atoms with Gasteiger partial charge in [0.05, 0.1) is 36.1 Å². The van der Waals surface area contributed by atoms with Gasteiger partial charge in [-0.1, -0.05) is 182 Å². The molecule has 0 bridgehead atoms. The summed E-state index contributed by atoms with van der Waals surface area (Å²) in [6, 6.07) is 47.7. The Kier molecular flexibility index (Phi) is 5.37. The van der Waals surface area contributed by atoms with Crippen LogP contribution >= 0.6 is 0 Å². The smallest absolute Gasteiger partial charge is 0.0645 e. The fourth-order valence-electron chi connectivity index (χ4n) is 9.18. The fraction of sp³-hybridized carbons (Fsp3) is 0. The van der Waals surface area contributed by atoms with Crippen LogP contribution in [0.25, 0.3) is 110 Å². The van der Waals surface area contributed by atoms with E-state index in [4.69, 9.17) is 8.22 Å². The molecule has 2 nitrogen and oxygen atoms in total. The Bertz CT molecular complexity index is 3730. The minimum atomic E-state index is -0.483. The molecule has 10 aromatic carbocycles. The average molecular weight is 747 g/mol. The summed E-state index contributed by atoms with van der Waals surface area (Å²) in [6.07, 6.45) is 0. The van der Waals surface area contributed by atoms with Gasteiger partial charge >= 0.3 is 0 Å². The number of fused-ring (bicyclic) bond motifs is 4. The number of hydrogen-bond acceptors (Lipinski definition) is 0. The zero-order valence-electron chi connectivity index (χ0n) is 40.9. The van der Waals surface area contributed by atoms with E-state index in [0.717, 1.165) is 76.5 Å². The molecule has 0 fully saturated rings. The third kappa shape index (κ3) is 4.79. The molecule has 0 atom stereocenters. The quantitative estimate of drug-likeness (QED) is 0.150. The van der Waals surface area contributed by atoms with Crippen molar-refractivity contribution in [1.29, 1.82) is 0 Å². The maximum absolute atomic E-state index is 9.41. The molecule has 0 spiro atoms. The van der Waals surface area contributed by atoms with E-state index in [2.05, 4.69) is 36.4 Å². The van der Waals surface area contributed by atoms with Gasteiger partial charge in [-0.05, 0) is 80.1 Å². The molecule has 0 N–H and O–H groups in total. The van der Waals surface area contributed by atoms with Gasteiger partial charge in [-0.3, -0.25) is 0 Å². The summed E-state index contributed by atoms with van der Waals surface area (Å²) in [6.45, 7) is 0.